The lowest BCUT2D eigenvalue weighted by Gasteiger charge is -2.27. The van der Waals surface area contributed by atoms with E-state index in [0.717, 1.165) is 67.1 Å². The third-order valence-corrected chi connectivity index (χ3v) is 7.20. The molecule has 37 heavy (non-hydrogen) atoms. The van der Waals surface area contributed by atoms with E-state index in [1.165, 1.54) is 11.6 Å². The molecule has 1 aliphatic carbocycles. The molecule has 2 aromatic carbocycles. The molecule has 7 heteroatoms. The Morgan fingerprint density at radius 1 is 1.08 bits per heavy atom. The van der Waals surface area contributed by atoms with Gasteiger partial charge in [0.1, 0.15) is 17.7 Å². The Morgan fingerprint density at radius 2 is 1.89 bits per heavy atom. The van der Waals surface area contributed by atoms with Crippen LogP contribution in [-0.2, 0) is 11.2 Å². The molecule has 1 aliphatic rings. The van der Waals surface area contributed by atoms with Crippen molar-refractivity contribution in [3.8, 4) is 28.4 Å². The van der Waals surface area contributed by atoms with Crippen LogP contribution in [0, 0.1) is 11.7 Å². The summed E-state index contributed by atoms with van der Waals surface area (Å²) in [5, 5.41) is 8.97. The summed E-state index contributed by atoms with van der Waals surface area (Å²) in [5.41, 5.74) is 4.96. The minimum absolute atomic E-state index is 0.0478. The third-order valence-electron chi connectivity index (χ3n) is 7.20. The van der Waals surface area contributed by atoms with Crippen LogP contribution < -0.4 is 4.74 Å². The fraction of sp³-hybridized carbons (Fsp3) is 0.367. The van der Waals surface area contributed by atoms with Crippen LogP contribution in [0.25, 0.3) is 33.5 Å². The number of nitrogens with one attached hydrogen (secondary N) is 1. The number of aliphatic carboxylic acids is 1. The van der Waals surface area contributed by atoms with Crippen molar-refractivity contribution in [1.29, 1.82) is 0 Å². The highest BCUT2D eigenvalue weighted by atomic mass is 19.1. The molecular weight excluding hydrogens is 469 g/mol. The number of halogens is 1. The number of unbranched alkanes of at least 4 members (excludes halogenated alkanes) is 1. The lowest BCUT2D eigenvalue weighted by atomic mass is 9.85. The van der Waals surface area contributed by atoms with E-state index in [9.17, 15) is 4.79 Å². The zero-order valence-electron chi connectivity index (χ0n) is 21.0. The van der Waals surface area contributed by atoms with Crippen molar-refractivity contribution in [2.75, 3.05) is 0 Å². The van der Waals surface area contributed by atoms with Gasteiger partial charge in [0, 0.05) is 24.2 Å². The molecule has 5 rings (SSSR count). The number of nitrogens with zero attached hydrogens (tertiary/aromatic N) is 2. The molecule has 4 aromatic rings. The van der Waals surface area contributed by atoms with E-state index in [-0.39, 0.29) is 24.3 Å². The molecular formula is C30H32FN3O3. The Morgan fingerprint density at radius 3 is 2.59 bits per heavy atom. The highest BCUT2D eigenvalue weighted by molar-refractivity contribution is 5.80. The number of H-pyrrole nitrogens is 1. The summed E-state index contributed by atoms with van der Waals surface area (Å²) in [7, 11) is 0. The van der Waals surface area contributed by atoms with Gasteiger partial charge in [0.2, 0.25) is 5.88 Å². The van der Waals surface area contributed by atoms with Gasteiger partial charge in [-0.25, -0.2) is 14.4 Å². The van der Waals surface area contributed by atoms with Crippen LogP contribution in [-0.4, -0.2) is 32.1 Å². The Labute approximate surface area is 215 Å². The molecule has 0 unspecified atom stereocenters. The lowest BCUT2D eigenvalue weighted by Crippen LogP contribution is -2.25. The Bertz CT molecular complexity index is 1370. The van der Waals surface area contributed by atoms with Gasteiger partial charge in [-0.15, -0.1) is 0 Å². The molecule has 2 N–H and O–H groups in total. The Kier molecular flexibility index (Phi) is 7.49. The summed E-state index contributed by atoms with van der Waals surface area (Å²) >= 11 is 0. The van der Waals surface area contributed by atoms with Crippen molar-refractivity contribution in [2.45, 2.75) is 64.4 Å². The number of aromatic amines is 1. The predicted molar refractivity (Wildman–Crippen MR) is 142 cm³/mol. The van der Waals surface area contributed by atoms with Crippen LogP contribution in [0.4, 0.5) is 4.39 Å². The Balaban J connectivity index is 1.25. The highest BCUT2D eigenvalue weighted by Crippen LogP contribution is 2.31. The molecule has 0 radical (unpaired) electrons. The lowest BCUT2D eigenvalue weighted by molar-refractivity contribution is -0.138. The number of imidazole rings is 1. The van der Waals surface area contributed by atoms with Crippen LogP contribution in [0.5, 0.6) is 5.88 Å². The molecule has 2 aromatic heterocycles. The number of hydrogen-bond acceptors (Lipinski definition) is 4. The molecule has 1 saturated carbocycles. The number of pyridine rings is 1. The number of ether oxygens (including phenoxy) is 1. The van der Waals surface area contributed by atoms with E-state index in [1.54, 1.807) is 18.3 Å². The molecule has 0 bridgehead atoms. The van der Waals surface area contributed by atoms with Crippen LogP contribution in [0.3, 0.4) is 0 Å². The maximum atomic E-state index is 15.2. The van der Waals surface area contributed by atoms with Gasteiger partial charge in [-0.1, -0.05) is 25.5 Å². The largest absolute Gasteiger partial charge is 0.481 e. The van der Waals surface area contributed by atoms with Crippen LogP contribution >= 0.6 is 0 Å². The molecule has 0 amide bonds. The topological polar surface area (TPSA) is 88.1 Å². The minimum Gasteiger partial charge on any atom is -0.481 e. The zero-order valence-corrected chi connectivity index (χ0v) is 21.0. The number of carboxylic acids is 1. The van der Waals surface area contributed by atoms with E-state index < -0.39 is 5.97 Å². The van der Waals surface area contributed by atoms with E-state index >= 15 is 4.39 Å². The van der Waals surface area contributed by atoms with E-state index in [0.29, 0.717) is 17.3 Å². The number of hydrogen-bond donors (Lipinski definition) is 2. The first-order valence-corrected chi connectivity index (χ1v) is 13.1. The minimum atomic E-state index is -0.736. The number of benzene rings is 2. The van der Waals surface area contributed by atoms with Crippen molar-refractivity contribution in [1.82, 2.24) is 15.0 Å². The van der Waals surface area contributed by atoms with Gasteiger partial charge in [0.15, 0.2) is 0 Å². The summed E-state index contributed by atoms with van der Waals surface area (Å²) in [6.07, 6.45) is 8.64. The fourth-order valence-corrected chi connectivity index (χ4v) is 5.10. The predicted octanol–water partition coefficient (Wildman–Crippen LogP) is 7.19. The first kappa shape index (κ1) is 24.9. The average Bonchev–Trinajstić information content (AvgIpc) is 3.32. The summed E-state index contributed by atoms with van der Waals surface area (Å²) in [6.45, 7) is 2.18. The quantitative estimate of drug-likeness (QED) is 0.253. The second-order valence-electron chi connectivity index (χ2n) is 9.98. The number of carbonyl (C=O) groups is 1. The molecule has 0 saturated heterocycles. The van der Waals surface area contributed by atoms with Gasteiger partial charge in [-0.05, 0) is 85.9 Å². The van der Waals surface area contributed by atoms with E-state index in [2.05, 4.69) is 34.0 Å². The molecule has 0 spiro atoms. The van der Waals surface area contributed by atoms with Gasteiger partial charge in [-0.3, -0.25) is 4.79 Å². The van der Waals surface area contributed by atoms with Crippen molar-refractivity contribution >= 4 is 17.0 Å². The van der Waals surface area contributed by atoms with Crippen LogP contribution in [0.1, 0.15) is 57.4 Å². The second kappa shape index (κ2) is 11.1. The van der Waals surface area contributed by atoms with Crippen molar-refractivity contribution in [3.05, 3.63) is 66.1 Å². The normalized spacial score (nSPS) is 17.7. The fourth-order valence-electron chi connectivity index (χ4n) is 5.10. The van der Waals surface area contributed by atoms with Gasteiger partial charge in [0.05, 0.1) is 16.6 Å². The Hall–Kier alpha value is -3.74. The standard InChI is InChI=1S/C30H32FN3O3/c1-2-3-4-19-7-13-26-27(15-19)34-30(33-26)24-12-8-21(17-25(24)31)22-9-14-28(32-18-22)37-23-10-5-20(6-11-23)16-29(35)36/h7-9,12-15,17-18,20,23H,2-6,10-11,16H2,1H3,(H,33,34)(H,35,36)/t20-,23-. The average molecular weight is 502 g/mol. The summed E-state index contributed by atoms with van der Waals surface area (Å²) in [5.74, 6) is 0.199. The van der Waals surface area contributed by atoms with Crippen molar-refractivity contribution in [3.63, 3.8) is 0 Å². The second-order valence-corrected chi connectivity index (χ2v) is 9.98. The third kappa shape index (κ3) is 5.98. The van der Waals surface area contributed by atoms with Gasteiger partial charge < -0.3 is 14.8 Å². The maximum absolute atomic E-state index is 15.2. The van der Waals surface area contributed by atoms with Gasteiger partial charge >= 0.3 is 5.97 Å². The molecule has 0 aliphatic heterocycles. The van der Waals surface area contributed by atoms with Crippen LogP contribution in [0.15, 0.2) is 54.7 Å². The first-order valence-electron chi connectivity index (χ1n) is 13.1. The molecule has 1 fully saturated rings. The molecule has 6 nitrogen and oxygen atoms in total. The first-order chi connectivity index (χ1) is 18.0. The summed E-state index contributed by atoms with van der Waals surface area (Å²) in [4.78, 5) is 23.2. The van der Waals surface area contributed by atoms with Crippen LogP contribution in [0.2, 0.25) is 0 Å². The molecule has 2 heterocycles. The SMILES string of the molecule is CCCCc1ccc2nc(-c3ccc(-c4ccc(O[C@H]5CC[C@H](CC(=O)O)CC5)nc4)cc3F)[nH]c2c1. The van der Waals surface area contributed by atoms with Gasteiger partial charge in [-0.2, -0.15) is 0 Å². The number of rotatable bonds is 9. The zero-order chi connectivity index (χ0) is 25.8. The number of aromatic nitrogens is 3. The maximum Gasteiger partial charge on any atom is 0.303 e. The van der Waals surface area contributed by atoms with E-state index in [4.69, 9.17) is 9.84 Å². The number of carboxylic acid groups (broad SMARTS) is 1. The van der Waals surface area contributed by atoms with Gasteiger partial charge in [0.25, 0.3) is 0 Å². The number of aryl methyl sites for hydroxylation is 1. The summed E-state index contributed by atoms with van der Waals surface area (Å²) in [6, 6.07) is 15.0. The summed E-state index contributed by atoms with van der Waals surface area (Å²) < 4.78 is 21.2. The monoisotopic (exact) mass is 501 g/mol. The van der Waals surface area contributed by atoms with Crippen molar-refractivity contribution < 1.29 is 19.0 Å². The van der Waals surface area contributed by atoms with Crippen molar-refractivity contribution in [2.24, 2.45) is 5.92 Å². The highest BCUT2D eigenvalue weighted by Gasteiger charge is 2.24. The molecule has 0 atom stereocenters. The number of fused-ring (bicyclic) bond motifs is 1. The van der Waals surface area contributed by atoms with E-state index in [1.807, 2.05) is 18.2 Å². The smallest absolute Gasteiger partial charge is 0.303 e. The molecule has 192 valence electrons.